The highest BCUT2D eigenvalue weighted by molar-refractivity contribution is 9.13. The van der Waals surface area contributed by atoms with E-state index in [0.717, 1.165) is 31.8 Å². The first-order valence-electron chi connectivity index (χ1n) is 6.03. The van der Waals surface area contributed by atoms with Crippen LogP contribution in [0.15, 0.2) is 33.2 Å². The highest BCUT2D eigenvalue weighted by Crippen LogP contribution is 2.29. The maximum atomic E-state index is 4.63. The number of halogens is 2. The second-order valence-corrected chi connectivity index (χ2v) is 6.24. The van der Waals surface area contributed by atoms with Crippen LogP contribution in [0.25, 0.3) is 11.4 Å². The average Bonchev–Trinajstić information content (AvgIpc) is 2.41. The van der Waals surface area contributed by atoms with Gasteiger partial charge in [0, 0.05) is 33.3 Å². The fourth-order valence-corrected chi connectivity index (χ4v) is 2.28. The summed E-state index contributed by atoms with van der Waals surface area (Å²) in [6, 6.07) is 8.00. The van der Waals surface area contributed by atoms with Crippen LogP contribution in [-0.4, -0.2) is 17.0 Å². The lowest BCUT2D eigenvalue weighted by Crippen LogP contribution is -2.02. The third kappa shape index (κ3) is 3.34. The van der Waals surface area contributed by atoms with Crippen molar-refractivity contribution in [3.8, 4) is 11.4 Å². The first kappa shape index (κ1) is 14.5. The van der Waals surface area contributed by atoms with Gasteiger partial charge in [-0.15, -0.1) is 0 Å². The molecule has 1 N–H and O–H groups in total. The van der Waals surface area contributed by atoms with E-state index in [1.54, 1.807) is 0 Å². The number of hydrogen-bond donors (Lipinski definition) is 1. The van der Waals surface area contributed by atoms with E-state index in [1.165, 1.54) is 0 Å². The first-order valence-corrected chi connectivity index (χ1v) is 7.62. The second-order valence-electron chi connectivity index (χ2n) is 4.54. The smallest absolute Gasteiger partial charge is 0.161 e. The summed E-state index contributed by atoms with van der Waals surface area (Å²) in [4.78, 5) is 9.15. The fourth-order valence-electron chi connectivity index (χ4n) is 1.65. The molecule has 0 saturated heterocycles. The minimum Gasteiger partial charge on any atom is -0.373 e. The Morgan fingerprint density at radius 1 is 1.05 bits per heavy atom. The van der Waals surface area contributed by atoms with E-state index in [9.17, 15) is 0 Å². The summed E-state index contributed by atoms with van der Waals surface area (Å²) in [5.74, 6) is 1.95. The summed E-state index contributed by atoms with van der Waals surface area (Å²) in [6.45, 7) is 4.26. The van der Waals surface area contributed by atoms with Gasteiger partial charge in [0.1, 0.15) is 5.82 Å². The molecular formula is C14H15Br2N3. The lowest BCUT2D eigenvalue weighted by atomic mass is 10.1. The molecule has 0 aliphatic rings. The third-order valence-corrected chi connectivity index (χ3v) is 4.65. The molecule has 0 spiro atoms. The van der Waals surface area contributed by atoms with Crippen molar-refractivity contribution in [3.63, 3.8) is 0 Å². The van der Waals surface area contributed by atoms with Gasteiger partial charge in [-0.1, -0.05) is 13.8 Å². The lowest BCUT2D eigenvalue weighted by Gasteiger charge is -2.10. The normalized spacial score (nSPS) is 10.8. The van der Waals surface area contributed by atoms with Crippen molar-refractivity contribution >= 4 is 37.7 Å². The van der Waals surface area contributed by atoms with E-state index in [4.69, 9.17) is 0 Å². The third-order valence-electron chi connectivity index (χ3n) is 2.77. The Bertz CT molecular complexity index is 597. The Labute approximate surface area is 130 Å². The largest absolute Gasteiger partial charge is 0.373 e. The standard InChI is InChI=1S/C14H15Br2N3/c1-8(2)12-7-13(17-3)19-14(18-12)9-4-5-10(15)11(16)6-9/h4-8H,1-3H3,(H,17,18,19). The van der Waals surface area contributed by atoms with E-state index in [1.807, 2.05) is 31.3 Å². The number of aromatic nitrogens is 2. The molecule has 0 fully saturated rings. The molecule has 0 atom stereocenters. The molecule has 0 radical (unpaired) electrons. The molecule has 1 heterocycles. The van der Waals surface area contributed by atoms with Gasteiger partial charge in [-0.05, 0) is 56.0 Å². The van der Waals surface area contributed by atoms with Crippen molar-refractivity contribution in [1.82, 2.24) is 9.97 Å². The van der Waals surface area contributed by atoms with Gasteiger partial charge >= 0.3 is 0 Å². The number of hydrogen-bond acceptors (Lipinski definition) is 3. The van der Waals surface area contributed by atoms with Gasteiger partial charge < -0.3 is 5.32 Å². The highest BCUT2D eigenvalue weighted by Gasteiger charge is 2.10. The molecule has 0 saturated carbocycles. The molecule has 2 aromatic rings. The summed E-state index contributed by atoms with van der Waals surface area (Å²) in [6.07, 6.45) is 0. The summed E-state index contributed by atoms with van der Waals surface area (Å²) >= 11 is 6.98. The molecule has 0 aliphatic heterocycles. The van der Waals surface area contributed by atoms with Gasteiger partial charge in [-0.2, -0.15) is 0 Å². The van der Waals surface area contributed by atoms with Crippen LogP contribution >= 0.6 is 31.9 Å². The van der Waals surface area contributed by atoms with Crippen LogP contribution in [0.4, 0.5) is 5.82 Å². The number of nitrogens with one attached hydrogen (secondary N) is 1. The Morgan fingerprint density at radius 2 is 1.79 bits per heavy atom. The van der Waals surface area contributed by atoms with Gasteiger partial charge in [0.15, 0.2) is 5.82 Å². The van der Waals surface area contributed by atoms with Gasteiger partial charge in [0.05, 0.1) is 0 Å². The van der Waals surface area contributed by atoms with Crippen LogP contribution in [0.3, 0.4) is 0 Å². The molecule has 19 heavy (non-hydrogen) atoms. The van der Waals surface area contributed by atoms with Gasteiger partial charge in [-0.25, -0.2) is 9.97 Å². The number of nitrogens with zero attached hydrogens (tertiary/aromatic N) is 2. The second kappa shape index (κ2) is 6.01. The molecule has 0 unspecified atom stereocenters. The summed E-state index contributed by atoms with van der Waals surface area (Å²) in [5.41, 5.74) is 2.03. The van der Waals surface area contributed by atoms with E-state index in [-0.39, 0.29) is 0 Å². The zero-order valence-corrected chi connectivity index (χ0v) is 14.2. The lowest BCUT2D eigenvalue weighted by molar-refractivity contribution is 0.817. The quantitative estimate of drug-likeness (QED) is 0.823. The Hall–Kier alpha value is -0.940. The monoisotopic (exact) mass is 383 g/mol. The molecule has 100 valence electrons. The SMILES string of the molecule is CNc1cc(C(C)C)nc(-c2ccc(Br)c(Br)c2)n1. The maximum absolute atomic E-state index is 4.63. The summed E-state index contributed by atoms with van der Waals surface area (Å²) < 4.78 is 2.01. The molecular weight excluding hydrogens is 370 g/mol. The van der Waals surface area contributed by atoms with Crippen molar-refractivity contribution < 1.29 is 0 Å². The number of rotatable bonds is 3. The predicted octanol–water partition coefficient (Wildman–Crippen LogP) is 4.83. The molecule has 1 aromatic carbocycles. The fraction of sp³-hybridized carbons (Fsp3) is 0.286. The van der Waals surface area contributed by atoms with Crippen molar-refractivity contribution in [1.29, 1.82) is 0 Å². The Balaban J connectivity index is 2.54. The zero-order chi connectivity index (χ0) is 14.0. The van der Waals surface area contributed by atoms with Gasteiger partial charge in [0.25, 0.3) is 0 Å². The Kier molecular flexibility index (Phi) is 4.58. The van der Waals surface area contributed by atoms with E-state index >= 15 is 0 Å². The number of anilines is 1. The number of benzene rings is 1. The summed E-state index contributed by atoms with van der Waals surface area (Å²) in [5, 5.41) is 3.09. The minimum atomic E-state index is 0.368. The van der Waals surface area contributed by atoms with E-state index < -0.39 is 0 Å². The van der Waals surface area contributed by atoms with Gasteiger partial charge in [0.2, 0.25) is 0 Å². The minimum absolute atomic E-state index is 0.368. The maximum Gasteiger partial charge on any atom is 0.161 e. The molecule has 0 amide bonds. The average molecular weight is 385 g/mol. The van der Waals surface area contributed by atoms with Crippen LogP contribution in [0.5, 0.6) is 0 Å². The van der Waals surface area contributed by atoms with E-state index in [0.29, 0.717) is 5.92 Å². The molecule has 0 aliphatic carbocycles. The first-order chi connectivity index (χ1) is 9.01. The topological polar surface area (TPSA) is 37.8 Å². The van der Waals surface area contributed by atoms with Crippen LogP contribution in [0.1, 0.15) is 25.5 Å². The van der Waals surface area contributed by atoms with Crippen molar-refractivity contribution in [2.75, 3.05) is 12.4 Å². The molecule has 0 bridgehead atoms. The summed E-state index contributed by atoms with van der Waals surface area (Å²) in [7, 11) is 1.87. The van der Waals surface area contributed by atoms with Crippen molar-refractivity contribution in [3.05, 3.63) is 38.9 Å². The molecule has 1 aromatic heterocycles. The van der Waals surface area contributed by atoms with Crippen molar-refractivity contribution in [2.45, 2.75) is 19.8 Å². The zero-order valence-electron chi connectivity index (χ0n) is 11.0. The molecule has 3 nitrogen and oxygen atoms in total. The van der Waals surface area contributed by atoms with Crippen molar-refractivity contribution in [2.24, 2.45) is 0 Å². The predicted molar refractivity (Wildman–Crippen MR) is 86.5 cm³/mol. The van der Waals surface area contributed by atoms with Gasteiger partial charge in [-0.3, -0.25) is 0 Å². The van der Waals surface area contributed by atoms with E-state index in [2.05, 4.69) is 61.0 Å². The highest BCUT2D eigenvalue weighted by atomic mass is 79.9. The van der Waals surface area contributed by atoms with Crippen LogP contribution in [0, 0.1) is 0 Å². The Morgan fingerprint density at radius 3 is 2.37 bits per heavy atom. The molecule has 5 heteroatoms. The van der Waals surface area contributed by atoms with Crippen LogP contribution in [0.2, 0.25) is 0 Å². The van der Waals surface area contributed by atoms with Crippen LogP contribution in [-0.2, 0) is 0 Å². The molecule has 2 rings (SSSR count). The van der Waals surface area contributed by atoms with Crippen LogP contribution < -0.4 is 5.32 Å².